The largest absolute Gasteiger partial charge is 0.337 e. The second-order valence-corrected chi connectivity index (χ2v) is 4.63. The summed E-state index contributed by atoms with van der Waals surface area (Å²) in [4.78, 5) is 5.61. The molecule has 1 aromatic heterocycles. The Hall–Kier alpha value is -0.610. The van der Waals surface area contributed by atoms with Crippen molar-refractivity contribution >= 4 is 12.2 Å². The highest BCUT2D eigenvalue weighted by atomic mass is 32.1. The molecule has 2 rings (SSSR count). The van der Waals surface area contributed by atoms with Crippen molar-refractivity contribution in [2.45, 2.75) is 32.2 Å². The Balaban J connectivity index is 1.94. The molecule has 1 N–H and O–H groups in total. The van der Waals surface area contributed by atoms with Gasteiger partial charge in [-0.25, -0.2) is 0 Å². The van der Waals surface area contributed by atoms with Crippen molar-refractivity contribution in [2.75, 3.05) is 19.6 Å². The van der Waals surface area contributed by atoms with Crippen LogP contribution >= 0.6 is 12.2 Å². The fraction of sp³-hybridized carbons (Fsp3) is 0.727. The molecule has 0 saturated carbocycles. The number of nitrogens with one attached hydrogen (secondary N) is 1. The van der Waals surface area contributed by atoms with Crippen molar-refractivity contribution in [2.24, 2.45) is 0 Å². The lowest BCUT2D eigenvalue weighted by Gasteiger charge is -2.32. The van der Waals surface area contributed by atoms with Gasteiger partial charge < -0.3 is 14.5 Å². The molecule has 0 aliphatic carbocycles. The molecule has 0 spiro atoms. The van der Waals surface area contributed by atoms with Gasteiger partial charge in [-0.1, -0.05) is 6.92 Å². The SMILES string of the molecule is CCCN1CCC(n2cc[nH]c2=S)CC1. The van der Waals surface area contributed by atoms with Crippen LogP contribution in [0.2, 0.25) is 0 Å². The summed E-state index contributed by atoms with van der Waals surface area (Å²) in [5.41, 5.74) is 0. The monoisotopic (exact) mass is 225 g/mol. The minimum atomic E-state index is 0.608. The van der Waals surface area contributed by atoms with Gasteiger partial charge in [0.05, 0.1) is 0 Å². The third kappa shape index (κ3) is 2.49. The summed E-state index contributed by atoms with van der Waals surface area (Å²) in [5.74, 6) is 0. The van der Waals surface area contributed by atoms with Crippen LogP contribution in [0.15, 0.2) is 12.4 Å². The summed E-state index contributed by atoms with van der Waals surface area (Å²) >= 11 is 5.24. The Morgan fingerprint density at radius 1 is 1.47 bits per heavy atom. The van der Waals surface area contributed by atoms with Gasteiger partial charge in [0.2, 0.25) is 0 Å². The van der Waals surface area contributed by atoms with Crippen molar-refractivity contribution in [3.63, 3.8) is 0 Å². The van der Waals surface area contributed by atoms with E-state index in [0.717, 1.165) is 4.77 Å². The van der Waals surface area contributed by atoms with Gasteiger partial charge >= 0.3 is 0 Å². The Bertz CT molecular complexity index is 347. The fourth-order valence-corrected chi connectivity index (χ4v) is 2.63. The van der Waals surface area contributed by atoms with Gasteiger partial charge in [-0.15, -0.1) is 0 Å². The van der Waals surface area contributed by atoms with E-state index in [1.54, 1.807) is 0 Å². The van der Waals surface area contributed by atoms with Gasteiger partial charge in [0.25, 0.3) is 0 Å². The molecule has 0 bridgehead atoms. The summed E-state index contributed by atoms with van der Waals surface area (Å²) < 4.78 is 3.07. The summed E-state index contributed by atoms with van der Waals surface area (Å²) in [6.07, 6.45) is 7.72. The number of aromatic nitrogens is 2. The van der Waals surface area contributed by atoms with E-state index < -0.39 is 0 Å². The van der Waals surface area contributed by atoms with Crippen LogP contribution in [-0.2, 0) is 0 Å². The Kier molecular flexibility index (Phi) is 3.59. The lowest BCUT2D eigenvalue weighted by Crippen LogP contribution is -2.35. The highest BCUT2D eigenvalue weighted by molar-refractivity contribution is 7.71. The van der Waals surface area contributed by atoms with E-state index in [1.165, 1.54) is 38.9 Å². The minimum Gasteiger partial charge on any atom is -0.337 e. The smallest absolute Gasteiger partial charge is 0.177 e. The van der Waals surface area contributed by atoms with Crippen LogP contribution in [-0.4, -0.2) is 34.1 Å². The maximum Gasteiger partial charge on any atom is 0.177 e. The van der Waals surface area contributed by atoms with E-state index in [0.29, 0.717) is 6.04 Å². The number of H-pyrrole nitrogens is 1. The molecular weight excluding hydrogens is 206 g/mol. The molecule has 0 aromatic carbocycles. The lowest BCUT2D eigenvalue weighted by molar-refractivity contribution is 0.186. The van der Waals surface area contributed by atoms with Crippen LogP contribution < -0.4 is 0 Å². The molecule has 1 aliphatic rings. The number of piperidine rings is 1. The van der Waals surface area contributed by atoms with Crippen LogP contribution in [0.4, 0.5) is 0 Å². The number of nitrogens with zero attached hydrogens (tertiary/aromatic N) is 2. The molecule has 0 unspecified atom stereocenters. The predicted octanol–water partition coefficient (Wildman–Crippen LogP) is 2.59. The number of likely N-dealkylation sites (tertiary alicyclic amines) is 1. The van der Waals surface area contributed by atoms with Crippen LogP contribution in [0.1, 0.15) is 32.2 Å². The first-order chi connectivity index (χ1) is 7.31. The zero-order valence-corrected chi connectivity index (χ0v) is 10.1. The zero-order valence-electron chi connectivity index (χ0n) is 9.28. The molecule has 4 heteroatoms. The van der Waals surface area contributed by atoms with Crippen LogP contribution in [0.25, 0.3) is 0 Å². The fourth-order valence-electron chi connectivity index (χ4n) is 2.36. The summed E-state index contributed by atoms with van der Waals surface area (Å²) in [7, 11) is 0. The molecule has 1 aromatic rings. The first-order valence-electron chi connectivity index (χ1n) is 5.79. The average Bonchev–Trinajstić information content (AvgIpc) is 2.66. The van der Waals surface area contributed by atoms with Crippen LogP contribution in [0, 0.1) is 4.77 Å². The molecule has 3 nitrogen and oxygen atoms in total. The van der Waals surface area contributed by atoms with E-state index in [1.807, 2.05) is 6.20 Å². The Morgan fingerprint density at radius 3 is 2.73 bits per heavy atom. The number of hydrogen-bond donors (Lipinski definition) is 1. The molecule has 0 amide bonds. The molecule has 84 valence electrons. The first kappa shape index (κ1) is 10.9. The summed E-state index contributed by atoms with van der Waals surface area (Å²) in [5, 5.41) is 0. The third-order valence-corrected chi connectivity index (χ3v) is 3.50. The number of aromatic amines is 1. The summed E-state index contributed by atoms with van der Waals surface area (Å²) in [6.45, 7) is 5.91. The average molecular weight is 225 g/mol. The van der Waals surface area contributed by atoms with Crippen LogP contribution in [0.3, 0.4) is 0 Å². The molecular formula is C11H19N3S. The van der Waals surface area contributed by atoms with Crippen molar-refractivity contribution in [1.29, 1.82) is 0 Å². The second kappa shape index (κ2) is 4.94. The first-order valence-corrected chi connectivity index (χ1v) is 6.20. The van der Waals surface area contributed by atoms with E-state index in [4.69, 9.17) is 12.2 Å². The standard InChI is InChI=1S/C11H19N3S/c1-2-6-13-7-3-10(4-8-13)14-9-5-12-11(14)15/h5,9-10H,2-4,6-8H2,1H3,(H,12,15). The van der Waals surface area contributed by atoms with E-state index in [9.17, 15) is 0 Å². The summed E-state index contributed by atoms with van der Waals surface area (Å²) in [6, 6.07) is 0.608. The zero-order chi connectivity index (χ0) is 10.7. The van der Waals surface area contributed by atoms with Gasteiger partial charge in [0, 0.05) is 31.5 Å². The van der Waals surface area contributed by atoms with Crippen molar-refractivity contribution in [3.8, 4) is 0 Å². The minimum absolute atomic E-state index is 0.608. The van der Waals surface area contributed by atoms with Crippen molar-refractivity contribution in [3.05, 3.63) is 17.2 Å². The van der Waals surface area contributed by atoms with E-state index in [2.05, 4.69) is 27.6 Å². The van der Waals surface area contributed by atoms with Crippen LogP contribution in [0.5, 0.6) is 0 Å². The highest BCUT2D eigenvalue weighted by Gasteiger charge is 2.19. The molecule has 2 heterocycles. The Morgan fingerprint density at radius 2 is 2.20 bits per heavy atom. The number of hydrogen-bond acceptors (Lipinski definition) is 2. The lowest BCUT2D eigenvalue weighted by atomic mass is 10.0. The predicted molar refractivity (Wildman–Crippen MR) is 64.6 cm³/mol. The molecule has 0 radical (unpaired) electrons. The van der Waals surface area contributed by atoms with Crippen molar-refractivity contribution < 1.29 is 0 Å². The number of imidazole rings is 1. The second-order valence-electron chi connectivity index (χ2n) is 4.25. The molecule has 1 saturated heterocycles. The third-order valence-electron chi connectivity index (χ3n) is 3.17. The quantitative estimate of drug-likeness (QED) is 0.799. The Labute approximate surface area is 96.1 Å². The van der Waals surface area contributed by atoms with Gasteiger partial charge in [-0.3, -0.25) is 0 Å². The molecule has 15 heavy (non-hydrogen) atoms. The highest BCUT2D eigenvalue weighted by Crippen LogP contribution is 2.22. The van der Waals surface area contributed by atoms with E-state index >= 15 is 0 Å². The maximum atomic E-state index is 5.24. The maximum absolute atomic E-state index is 5.24. The normalized spacial score (nSPS) is 19.5. The molecule has 1 fully saturated rings. The van der Waals surface area contributed by atoms with Gasteiger partial charge in [-0.2, -0.15) is 0 Å². The van der Waals surface area contributed by atoms with Gasteiger partial charge in [0.1, 0.15) is 0 Å². The molecule has 1 aliphatic heterocycles. The van der Waals surface area contributed by atoms with E-state index in [-0.39, 0.29) is 0 Å². The van der Waals surface area contributed by atoms with Gasteiger partial charge in [-0.05, 0) is 38.0 Å². The van der Waals surface area contributed by atoms with Gasteiger partial charge in [0.15, 0.2) is 4.77 Å². The molecule has 0 atom stereocenters. The van der Waals surface area contributed by atoms with Crippen molar-refractivity contribution in [1.82, 2.24) is 14.5 Å². The number of rotatable bonds is 3. The topological polar surface area (TPSA) is 24.0 Å².